The van der Waals surface area contributed by atoms with E-state index in [1.54, 1.807) is 12.1 Å². The summed E-state index contributed by atoms with van der Waals surface area (Å²) in [6.07, 6.45) is 1.10. The molecule has 0 aliphatic heterocycles. The van der Waals surface area contributed by atoms with Crippen LogP contribution in [0.5, 0.6) is 0 Å². The van der Waals surface area contributed by atoms with Crippen molar-refractivity contribution in [2.45, 2.75) is 58.0 Å². The number of rotatable bonds is 12. The van der Waals surface area contributed by atoms with Crippen molar-refractivity contribution in [3.63, 3.8) is 0 Å². The highest BCUT2D eigenvalue weighted by atomic mass is 35.5. The summed E-state index contributed by atoms with van der Waals surface area (Å²) in [5, 5.41) is 3.29. The van der Waals surface area contributed by atoms with Crippen LogP contribution in [0.2, 0.25) is 10.0 Å². The van der Waals surface area contributed by atoms with E-state index in [0.29, 0.717) is 13.0 Å². The largest absolute Gasteiger partial charge is 0.354 e. The van der Waals surface area contributed by atoms with Crippen LogP contribution in [0, 0.1) is 13.8 Å². The molecule has 0 spiro atoms. The van der Waals surface area contributed by atoms with Crippen LogP contribution in [0.25, 0.3) is 0 Å². The molecule has 0 bridgehead atoms. The highest BCUT2D eigenvalue weighted by Gasteiger charge is 2.34. The number of nitrogens with one attached hydrogen (secondary N) is 1. The van der Waals surface area contributed by atoms with Crippen molar-refractivity contribution < 1.29 is 18.0 Å². The number of anilines is 1. The van der Waals surface area contributed by atoms with Crippen molar-refractivity contribution in [2.24, 2.45) is 0 Å². The average Bonchev–Trinajstić information content (AvgIpc) is 2.93. The van der Waals surface area contributed by atoms with Crippen molar-refractivity contribution in [3.05, 3.63) is 93.5 Å². The van der Waals surface area contributed by atoms with Crippen LogP contribution in [-0.2, 0) is 26.2 Å². The summed E-state index contributed by atoms with van der Waals surface area (Å²) in [4.78, 5) is 28.7. The fourth-order valence-electron chi connectivity index (χ4n) is 4.26. The molecule has 3 rings (SSSR count). The Morgan fingerprint density at radius 2 is 1.60 bits per heavy atom. The first-order chi connectivity index (χ1) is 19.0. The molecule has 0 saturated carbocycles. The summed E-state index contributed by atoms with van der Waals surface area (Å²) in [5.74, 6) is -0.808. The quantitative estimate of drug-likeness (QED) is 0.269. The summed E-state index contributed by atoms with van der Waals surface area (Å²) >= 11 is 12.4. The molecule has 1 atom stereocenters. The number of hydrogen-bond donors (Lipinski definition) is 1. The van der Waals surface area contributed by atoms with Gasteiger partial charge in [0.1, 0.15) is 12.6 Å². The standard InChI is InChI=1S/C30H35Cl2N3O4S/c1-5-17-33-30(37)28(6-2)34(19-23-10-8-7-9-22(23)4)29(36)20-35(24-13-16-26(31)27(32)18-24)40(38,39)25-14-11-21(3)12-15-25/h7-16,18,28H,5-6,17,19-20H2,1-4H3,(H,33,37)/t28-/m1/s1. The van der Waals surface area contributed by atoms with E-state index in [4.69, 9.17) is 23.2 Å². The smallest absolute Gasteiger partial charge is 0.264 e. The molecule has 0 fully saturated rings. The lowest BCUT2D eigenvalue weighted by Gasteiger charge is -2.33. The zero-order chi connectivity index (χ0) is 29.4. The lowest BCUT2D eigenvalue weighted by molar-refractivity contribution is -0.140. The number of carbonyl (C=O) groups is 2. The SMILES string of the molecule is CCCNC(=O)[C@@H](CC)N(Cc1ccccc1C)C(=O)CN(c1ccc(Cl)c(Cl)c1)S(=O)(=O)c1ccc(C)cc1. The van der Waals surface area contributed by atoms with Gasteiger partial charge in [-0.1, -0.05) is 79.0 Å². The molecule has 0 aromatic heterocycles. The van der Waals surface area contributed by atoms with E-state index >= 15 is 0 Å². The lowest BCUT2D eigenvalue weighted by Crippen LogP contribution is -2.52. The zero-order valence-electron chi connectivity index (χ0n) is 23.2. The number of nitrogens with zero attached hydrogens (tertiary/aromatic N) is 2. The third-order valence-corrected chi connectivity index (χ3v) is 9.14. The molecular formula is C30H35Cl2N3O4S. The zero-order valence-corrected chi connectivity index (χ0v) is 25.5. The molecule has 214 valence electrons. The molecule has 3 aromatic carbocycles. The Hall–Kier alpha value is -3.07. The first-order valence-electron chi connectivity index (χ1n) is 13.2. The van der Waals surface area contributed by atoms with Gasteiger partial charge in [-0.25, -0.2) is 8.42 Å². The minimum absolute atomic E-state index is 0.0233. The Morgan fingerprint density at radius 3 is 2.20 bits per heavy atom. The fraction of sp³-hybridized carbons (Fsp3) is 0.333. The van der Waals surface area contributed by atoms with Gasteiger partial charge in [-0.15, -0.1) is 0 Å². The average molecular weight is 605 g/mol. The van der Waals surface area contributed by atoms with Gasteiger partial charge in [0.05, 0.1) is 20.6 Å². The molecule has 0 aliphatic carbocycles. The Balaban J connectivity index is 2.09. The number of hydrogen-bond acceptors (Lipinski definition) is 4. The van der Waals surface area contributed by atoms with Gasteiger partial charge in [0.25, 0.3) is 10.0 Å². The molecule has 0 radical (unpaired) electrons. The Labute approximate surface area is 247 Å². The Bertz CT molecular complexity index is 1450. The maximum atomic E-state index is 14.1. The summed E-state index contributed by atoms with van der Waals surface area (Å²) < 4.78 is 28.9. The molecule has 2 amide bonds. The lowest BCUT2D eigenvalue weighted by atomic mass is 10.1. The van der Waals surface area contributed by atoms with Crippen molar-refractivity contribution in [1.29, 1.82) is 0 Å². The third kappa shape index (κ3) is 7.56. The van der Waals surface area contributed by atoms with E-state index in [9.17, 15) is 18.0 Å². The highest BCUT2D eigenvalue weighted by Crippen LogP contribution is 2.31. The summed E-state index contributed by atoms with van der Waals surface area (Å²) in [6, 6.07) is 17.6. The molecule has 0 aliphatic rings. The maximum absolute atomic E-state index is 14.1. The van der Waals surface area contributed by atoms with Gasteiger partial charge < -0.3 is 10.2 Å². The number of amides is 2. The molecule has 40 heavy (non-hydrogen) atoms. The molecule has 10 heteroatoms. The van der Waals surface area contributed by atoms with Crippen LogP contribution < -0.4 is 9.62 Å². The van der Waals surface area contributed by atoms with Gasteiger partial charge in [-0.3, -0.25) is 13.9 Å². The van der Waals surface area contributed by atoms with Crippen LogP contribution in [0.3, 0.4) is 0 Å². The number of halogens is 2. The molecule has 0 heterocycles. The van der Waals surface area contributed by atoms with Gasteiger partial charge in [0.15, 0.2) is 0 Å². The van der Waals surface area contributed by atoms with Gasteiger partial charge >= 0.3 is 0 Å². The second-order valence-corrected chi connectivity index (χ2v) is 12.3. The second-order valence-electron chi connectivity index (χ2n) is 9.59. The first-order valence-corrected chi connectivity index (χ1v) is 15.3. The van der Waals surface area contributed by atoms with Crippen LogP contribution in [0.1, 0.15) is 43.4 Å². The number of benzene rings is 3. The minimum atomic E-state index is -4.19. The van der Waals surface area contributed by atoms with Gasteiger partial charge in [-0.05, 0) is 68.1 Å². The number of carbonyl (C=O) groups excluding carboxylic acids is 2. The van der Waals surface area contributed by atoms with E-state index in [1.165, 1.54) is 35.2 Å². The van der Waals surface area contributed by atoms with Crippen LogP contribution in [0.4, 0.5) is 5.69 Å². The van der Waals surface area contributed by atoms with Crippen LogP contribution >= 0.6 is 23.2 Å². The van der Waals surface area contributed by atoms with Gasteiger partial charge in [0, 0.05) is 13.1 Å². The molecular weight excluding hydrogens is 569 g/mol. The van der Waals surface area contributed by atoms with E-state index in [0.717, 1.165) is 27.4 Å². The third-order valence-electron chi connectivity index (χ3n) is 6.62. The van der Waals surface area contributed by atoms with Crippen molar-refractivity contribution in [2.75, 3.05) is 17.4 Å². The predicted octanol–water partition coefficient (Wildman–Crippen LogP) is 6.14. The van der Waals surface area contributed by atoms with Crippen molar-refractivity contribution in [1.82, 2.24) is 10.2 Å². The molecule has 3 aromatic rings. The first kappa shape index (κ1) is 31.5. The number of aryl methyl sites for hydroxylation is 2. The fourth-order valence-corrected chi connectivity index (χ4v) is 5.96. The maximum Gasteiger partial charge on any atom is 0.264 e. The van der Waals surface area contributed by atoms with Gasteiger partial charge in [0.2, 0.25) is 11.8 Å². The van der Waals surface area contributed by atoms with E-state index in [-0.39, 0.29) is 33.1 Å². The van der Waals surface area contributed by atoms with Crippen molar-refractivity contribution in [3.8, 4) is 0 Å². The van der Waals surface area contributed by atoms with Crippen LogP contribution in [-0.4, -0.2) is 44.3 Å². The van der Waals surface area contributed by atoms with E-state index in [1.807, 2.05) is 52.0 Å². The van der Waals surface area contributed by atoms with Gasteiger partial charge in [-0.2, -0.15) is 0 Å². The molecule has 1 N–H and O–H groups in total. The Morgan fingerprint density at radius 1 is 0.925 bits per heavy atom. The van der Waals surface area contributed by atoms with Crippen LogP contribution in [0.15, 0.2) is 71.6 Å². The highest BCUT2D eigenvalue weighted by molar-refractivity contribution is 7.92. The molecule has 7 nitrogen and oxygen atoms in total. The number of sulfonamides is 1. The molecule has 0 unspecified atom stereocenters. The molecule has 0 saturated heterocycles. The normalized spacial score (nSPS) is 12.1. The summed E-state index contributed by atoms with van der Waals surface area (Å²) in [5.41, 5.74) is 2.89. The van der Waals surface area contributed by atoms with E-state index in [2.05, 4.69) is 5.32 Å². The topological polar surface area (TPSA) is 86.8 Å². The van der Waals surface area contributed by atoms with Crippen molar-refractivity contribution >= 4 is 50.7 Å². The Kier molecular flexibility index (Phi) is 11.0. The second kappa shape index (κ2) is 14.0. The monoisotopic (exact) mass is 603 g/mol. The minimum Gasteiger partial charge on any atom is -0.354 e. The summed E-state index contributed by atoms with van der Waals surface area (Å²) in [7, 11) is -4.19. The predicted molar refractivity (Wildman–Crippen MR) is 161 cm³/mol. The van der Waals surface area contributed by atoms with E-state index < -0.39 is 28.5 Å². The summed E-state index contributed by atoms with van der Waals surface area (Å²) in [6.45, 7) is 7.63.